The molecule has 1 amide bonds. The number of carboxylic acid groups (broad SMARTS) is 1. The van der Waals surface area contributed by atoms with Crippen molar-refractivity contribution in [3.8, 4) is 0 Å². The summed E-state index contributed by atoms with van der Waals surface area (Å²) in [6.45, 7) is 2.71. The Morgan fingerprint density at radius 1 is 1.30 bits per heavy atom. The van der Waals surface area contributed by atoms with Crippen LogP contribution in [0.15, 0.2) is 0 Å². The van der Waals surface area contributed by atoms with Crippen LogP contribution in [0.5, 0.6) is 0 Å². The molecule has 0 aromatic carbocycles. The average molecular weight is 283 g/mol. The topological polar surface area (TPSA) is 75.6 Å². The number of aliphatic carboxylic acids is 1. The largest absolute Gasteiger partial charge is 0.481 e. The molecule has 0 radical (unpaired) electrons. The first kappa shape index (κ1) is 15.3. The van der Waals surface area contributed by atoms with Gasteiger partial charge in [-0.3, -0.25) is 9.59 Å². The standard InChI is InChI=1S/C15H25NO4/c1-2-20-12-7-11(8-12)9-13(17)16-15(10-14(18)19)5-3-4-6-15/h11-12H,2-10H2,1H3,(H,16,17)(H,18,19). The van der Waals surface area contributed by atoms with Gasteiger partial charge in [0.25, 0.3) is 0 Å². The maximum atomic E-state index is 12.1. The summed E-state index contributed by atoms with van der Waals surface area (Å²) in [5.74, 6) is -0.421. The van der Waals surface area contributed by atoms with Gasteiger partial charge in [-0.2, -0.15) is 0 Å². The zero-order chi connectivity index (χ0) is 14.6. The molecule has 5 nitrogen and oxygen atoms in total. The lowest BCUT2D eigenvalue weighted by molar-refractivity contribution is -0.139. The van der Waals surface area contributed by atoms with E-state index in [9.17, 15) is 9.59 Å². The maximum Gasteiger partial charge on any atom is 0.305 e. The molecule has 5 heteroatoms. The second-order valence-corrected chi connectivity index (χ2v) is 6.23. The summed E-state index contributed by atoms with van der Waals surface area (Å²) in [7, 11) is 0. The smallest absolute Gasteiger partial charge is 0.305 e. The fraction of sp³-hybridized carbons (Fsp3) is 0.867. The normalized spacial score (nSPS) is 27.9. The van der Waals surface area contributed by atoms with Crippen molar-refractivity contribution in [2.45, 2.75) is 69.9 Å². The Kier molecular flexibility index (Phi) is 5.02. The van der Waals surface area contributed by atoms with Gasteiger partial charge in [0.2, 0.25) is 5.91 Å². The summed E-state index contributed by atoms with van der Waals surface area (Å²) < 4.78 is 5.49. The predicted octanol–water partition coefficient (Wildman–Crippen LogP) is 2.10. The highest BCUT2D eigenvalue weighted by atomic mass is 16.5. The van der Waals surface area contributed by atoms with Crippen molar-refractivity contribution in [3.05, 3.63) is 0 Å². The highest BCUT2D eigenvalue weighted by molar-refractivity contribution is 5.78. The minimum Gasteiger partial charge on any atom is -0.481 e. The number of carbonyl (C=O) groups excluding carboxylic acids is 1. The van der Waals surface area contributed by atoms with Crippen molar-refractivity contribution in [2.24, 2.45) is 5.92 Å². The first-order chi connectivity index (χ1) is 9.53. The van der Waals surface area contributed by atoms with Gasteiger partial charge in [0.05, 0.1) is 18.1 Å². The van der Waals surface area contributed by atoms with Crippen LogP contribution in [0.3, 0.4) is 0 Å². The average Bonchev–Trinajstić information content (AvgIpc) is 2.73. The van der Waals surface area contributed by atoms with Gasteiger partial charge in [-0.15, -0.1) is 0 Å². The van der Waals surface area contributed by atoms with Crippen LogP contribution < -0.4 is 5.32 Å². The fourth-order valence-corrected chi connectivity index (χ4v) is 3.51. The molecule has 2 rings (SSSR count). The molecular weight excluding hydrogens is 258 g/mol. The number of carbonyl (C=O) groups is 2. The van der Waals surface area contributed by atoms with E-state index in [2.05, 4.69) is 5.32 Å². The van der Waals surface area contributed by atoms with Gasteiger partial charge in [-0.1, -0.05) is 12.8 Å². The Morgan fingerprint density at radius 2 is 1.95 bits per heavy atom. The van der Waals surface area contributed by atoms with Crippen LogP contribution in [0.2, 0.25) is 0 Å². The van der Waals surface area contributed by atoms with Gasteiger partial charge in [-0.05, 0) is 38.5 Å². The zero-order valence-corrected chi connectivity index (χ0v) is 12.2. The van der Waals surface area contributed by atoms with Crippen LogP contribution in [0.25, 0.3) is 0 Å². The summed E-state index contributed by atoms with van der Waals surface area (Å²) in [6, 6.07) is 0. The molecule has 0 unspecified atom stereocenters. The zero-order valence-electron chi connectivity index (χ0n) is 12.2. The Morgan fingerprint density at radius 3 is 2.50 bits per heavy atom. The summed E-state index contributed by atoms with van der Waals surface area (Å²) in [6.07, 6.45) is 6.36. The quantitative estimate of drug-likeness (QED) is 0.750. The molecule has 0 atom stereocenters. The van der Waals surface area contributed by atoms with E-state index in [1.54, 1.807) is 0 Å². The van der Waals surface area contributed by atoms with Crippen LogP contribution in [0.4, 0.5) is 0 Å². The highest BCUT2D eigenvalue weighted by Crippen LogP contribution is 2.35. The molecular formula is C15H25NO4. The van der Waals surface area contributed by atoms with E-state index in [-0.39, 0.29) is 12.3 Å². The van der Waals surface area contributed by atoms with Crippen molar-refractivity contribution >= 4 is 11.9 Å². The molecule has 0 spiro atoms. The van der Waals surface area contributed by atoms with Crippen LogP contribution in [0.1, 0.15) is 58.3 Å². The minimum absolute atomic E-state index is 0.00750. The lowest BCUT2D eigenvalue weighted by Gasteiger charge is -2.36. The molecule has 2 aliphatic carbocycles. The van der Waals surface area contributed by atoms with Crippen molar-refractivity contribution in [2.75, 3.05) is 6.61 Å². The number of amides is 1. The number of nitrogens with one attached hydrogen (secondary N) is 1. The Bertz CT molecular complexity index is 357. The molecule has 2 N–H and O–H groups in total. The molecule has 0 saturated heterocycles. The number of ether oxygens (including phenoxy) is 1. The van der Waals surface area contributed by atoms with E-state index in [4.69, 9.17) is 9.84 Å². The third-order valence-corrected chi connectivity index (χ3v) is 4.52. The summed E-state index contributed by atoms with van der Waals surface area (Å²) in [5.41, 5.74) is -0.494. The first-order valence-corrected chi connectivity index (χ1v) is 7.67. The minimum atomic E-state index is -0.827. The number of carboxylic acids is 1. The second-order valence-electron chi connectivity index (χ2n) is 6.23. The van der Waals surface area contributed by atoms with Crippen molar-refractivity contribution in [1.82, 2.24) is 5.32 Å². The monoisotopic (exact) mass is 283 g/mol. The SMILES string of the molecule is CCOC1CC(CC(=O)NC2(CC(=O)O)CCCC2)C1. The lowest BCUT2D eigenvalue weighted by atomic mass is 9.79. The molecule has 0 heterocycles. The van der Waals surface area contributed by atoms with Gasteiger partial charge < -0.3 is 15.2 Å². The molecule has 0 aromatic heterocycles. The molecule has 2 saturated carbocycles. The fourth-order valence-electron chi connectivity index (χ4n) is 3.51. The molecule has 0 aliphatic heterocycles. The predicted molar refractivity (Wildman–Crippen MR) is 74.3 cm³/mol. The lowest BCUT2D eigenvalue weighted by Crippen LogP contribution is -2.49. The van der Waals surface area contributed by atoms with Gasteiger partial charge in [-0.25, -0.2) is 0 Å². The Labute approximate surface area is 120 Å². The van der Waals surface area contributed by atoms with E-state index in [0.29, 0.717) is 18.4 Å². The van der Waals surface area contributed by atoms with Crippen LogP contribution in [-0.2, 0) is 14.3 Å². The molecule has 2 fully saturated rings. The van der Waals surface area contributed by atoms with Crippen molar-refractivity contribution in [3.63, 3.8) is 0 Å². The molecule has 0 bridgehead atoms. The van der Waals surface area contributed by atoms with Gasteiger partial charge in [0.1, 0.15) is 0 Å². The van der Waals surface area contributed by atoms with Gasteiger partial charge in [0, 0.05) is 13.0 Å². The van der Waals surface area contributed by atoms with Crippen molar-refractivity contribution < 1.29 is 19.4 Å². The third-order valence-electron chi connectivity index (χ3n) is 4.52. The number of rotatable bonds is 7. The van der Waals surface area contributed by atoms with Gasteiger partial charge in [0.15, 0.2) is 0 Å². The molecule has 2 aliphatic rings. The van der Waals surface area contributed by atoms with Crippen LogP contribution in [-0.4, -0.2) is 35.2 Å². The first-order valence-electron chi connectivity index (χ1n) is 7.67. The van der Waals surface area contributed by atoms with E-state index in [1.165, 1.54) is 0 Å². The second kappa shape index (κ2) is 6.57. The van der Waals surface area contributed by atoms with E-state index in [1.807, 2.05) is 6.92 Å². The van der Waals surface area contributed by atoms with E-state index in [0.717, 1.165) is 45.1 Å². The third kappa shape index (κ3) is 3.95. The van der Waals surface area contributed by atoms with Gasteiger partial charge >= 0.3 is 5.97 Å². The number of hydrogen-bond acceptors (Lipinski definition) is 3. The van der Waals surface area contributed by atoms with Crippen LogP contribution >= 0.6 is 0 Å². The number of hydrogen-bond donors (Lipinski definition) is 2. The molecule has 114 valence electrons. The molecule has 20 heavy (non-hydrogen) atoms. The van der Waals surface area contributed by atoms with Crippen molar-refractivity contribution in [1.29, 1.82) is 0 Å². The Balaban J connectivity index is 1.77. The summed E-state index contributed by atoms with van der Waals surface area (Å²) in [4.78, 5) is 23.1. The molecule has 0 aromatic rings. The van der Waals surface area contributed by atoms with Crippen LogP contribution in [0, 0.1) is 5.92 Å². The summed E-state index contributed by atoms with van der Waals surface area (Å²) >= 11 is 0. The highest BCUT2D eigenvalue weighted by Gasteiger charge is 2.38. The maximum absolute atomic E-state index is 12.1. The Hall–Kier alpha value is -1.10. The van der Waals surface area contributed by atoms with E-state index < -0.39 is 11.5 Å². The summed E-state index contributed by atoms with van der Waals surface area (Å²) in [5, 5.41) is 12.0. The van der Waals surface area contributed by atoms with E-state index >= 15 is 0 Å².